The van der Waals surface area contributed by atoms with E-state index in [0.717, 1.165) is 47.5 Å². The predicted octanol–water partition coefficient (Wildman–Crippen LogP) is 3.44. The van der Waals surface area contributed by atoms with Crippen LogP contribution in [0.2, 0.25) is 0 Å². The first-order chi connectivity index (χ1) is 13.6. The van der Waals surface area contributed by atoms with E-state index < -0.39 is 0 Å². The van der Waals surface area contributed by atoms with Gasteiger partial charge in [-0.25, -0.2) is 0 Å². The maximum atomic E-state index is 11.7. The van der Waals surface area contributed by atoms with Crippen LogP contribution in [0.1, 0.15) is 12.8 Å². The predicted molar refractivity (Wildman–Crippen MR) is 115 cm³/mol. The second kappa shape index (κ2) is 9.78. The fraction of sp³-hybridized carbons (Fsp3) is 0.429. The van der Waals surface area contributed by atoms with Gasteiger partial charge in [0.25, 0.3) is 0 Å². The molecule has 0 saturated carbocycles. The van der Waals surface area contributed by atoms with Gasteiger partial charge in [-0.3, -0.25) is 9.79 Å². The van der Waals surface area contributed by atoms with Gasteiger partial charge in [-0.2, -0.15) is 0 Å². The zero-order chi connectivity index (χ0) is 19.9. The number of esters is 1. The molecule has 3 rings (SSSR count). The van der Waals surface area contributed by atoms with E-state index >= 15 is 0 Å². The summed E-state index contributed by atoms with van der Waals surface area (Å²) >= 11 is 3.49. The van der Waals surface area contributed by atoms with Crippen molar-refractivity contribution < 1.29 is 14.3 Å². The van der Waals surface area contributed by atoms with E-state index in [4.69, 9.17) is 9.47 Å². The van der Waals surface area contributed by atoms with E-state index in [2.05, 4.69) is 49.3 Å². The Labute approximate surface area is 174 Å². The molecule has 1 fully saturated rings. The van der Waals surface area contributed by atoms with Crippen LogP contribution in [0.25, 0.3) is 10.8 Å². The summed E-state index contributed by atoms with van der Waals surface area (Å²) in [5.41, 5.74) is 0. The molecule has 1 heterocycles. The van der Waals surface area contributed by atoms with Crippen LogP contribution in [0.5, 0.6) is 5.75 Å². The zero-order valence-corrected chi connectivity index (χ0v) is 17.9. The number of methoxy groups -OCH3 is 1. The van der Waals surface area contributed by atoms with Crippen LogP contribution in [-0.2, 0) is 9.53 Å². The standard InChI is InChI=1S/C21H26BrN3O3/c1-23-21(25-10-7-15(8-11-25)20(26)27-2)24-9-12-28-19-6-4-16-13-18(22)5-3-17(16)14-19/h3-6,13-15H,7-12H2,1-2H3,(H,23,24). The largest absolute Gasteiger partial charge is 0.492 e. The average molecular weight is 448 g/mol. The average Bonchev–Trinajstić information content (AvgIpc) is 2.73. The molecule has 1 aliphatic heterocycles. The molecule has 150 valence electrons. The molecule has 7 heteroatoms. The summed E-state index contributed by atoms with van der Waals surface area (Å²) < 4.78 is 11.8. The molecule has 0 aliphatic carbocycles. The lowest BCUT2D eigenvalue weighted by Gasteiger charge is -2.33. The summed E-state index contributed by atoms with van der Waals surface area (Å²) in [5.74, 6) is 1.58. The minimum atomic E-state index is -0.112. The minimum absolute atomic E-state index is 0.00350. The van der Waals surface area contributed by atoms with Crippen molar-refractivity contribution in [2.24, 2.45) is 10.9 Å². The Morgan fingerprint density at radius 2 is 1.93 bits per heavy atom. The van der Waals surface area contributed by atoms with Crippen molar-refractivity contribution in [1.29, 1.82) is 0 Å². The van der Waals surface area contributed by atoms with Gasteiger partial charge in [0.1, 0.15) is 12.4 Å². The smallest absolute Gasteiger partial charge is 0.308 e. The van der Waals surface area contributed by atoms with Crippen molar-refractivity contribution in [2.75, 3.05) is 40.4 Å². The first-order valence-electron chi connectivity index (χ1n) is 9.46. The number of likely N-dealkylation sites (tertiary alicyclic amines) is 1. The number of guanidine groups is 1. The Morgan fingerprint density at radius 3 is 2.64 bits per heavy atom. The zero-order valence-electron chi connectivity index (χ0n) is 16.3. The van der Waals surface area contributed by atoms with Crippen LogP contribution in [0.15, 0.2) is 45.9 Å². The van der Waals surface area contributed by atoms with Gasteiger partial charge in [0.2, 0.25) is 0 Å². The fourth-order valence-corrected chi connectivity index (χ4v) is 3.82. The van der Waals surface area contributed by atoms with Gasteiger partial charge < -0.3 is 19.7 Å². The summed E-state index contributed by atoms with van der Waals surface area (Å²) in [7, 11) is 3.22. The molecule has 0 radical (unpaired) electrons. The quantitative estimate of drug-likeness (QED) is 0.329. The maximum absolute atomic E-state index is 11.7. The number of nitrogens with zero attached hydrogens (tertiary/aromatic N) is 2. The number of hydrogen-bond donors (Lipinski definition) is 1. The molecule has 0 bridgehead atoms. The lowest BCUT2D eigenvalue weighted by atomic mass is 9.97. The minimum Gasteiger partial charge on any atom is -0.492 e. The number of carbonyl (C=O) groups is 1. The highest BCUT2D eigenvalue weighted by Crippen LogP contribution is 2.24. The van der Waals surface area contributed by atoms with E-state index in [1.54, 1.807) is 7.05 Å². The maximum Gasteiger partial charge on any atom is 0.308 e. The molecular weight excluding hydrogens is 422 g/mol. The first-order valence-corrected chi connectivity index (χ1v) is 10.3. The summed E-state index contributed by atoms with van der Waals surface area (Å²) in [4.78, 5) is 18.2. The Balaban J connectivity index is 1.45. The van der Waals surface area contributed by atoms with Crippen LogP contribution in [0.4, 0.5) is 0 Å². The van der Waals surface area contributed by atoms with Crippen molar-refractivity contribution in [3.05, 3.63) is 40.9 Å². The molecule has 1 saturated heterocycles. The number of piperidine rings is 1. The van der Waals surface area contributed by atoms with Gasteiger partial charge in [-0.1, -0.05) is 28.1 Å². The summed E-state index contributed by atoms with van der Waals surface area (Å²) in [5, 5.41) is 5.67. The number of ether oxygens (including phenoxy) is 2. The molecule has 1 aliphatic rings. The monoisotopic (exact) mass is 447 g/mol. The molecule has 0 aromatic heterocycles. The highest BCUT2D eigenvalue weighted by atomic mass is 79.9. The van der Waals surface area contributed by atoms with Crippen molar-refractivity contribution in [1.82, 2.24) is 10.2 Å². The number of aliphatic imine (C=N–C) groups is 1. The van der Waals surface area contributed by atoms with Gasteiger partial charge >= 0.3 is 5.97 Å². The SMILES string of the molecule is CN=C(NCCOc1ccc2cc(Br)ccc2c1)N1CCC(C(=O)OC)CC1. The molecule has 0 unspecified atom stereocenters. The molecular formula is C21H26BrN3O3. The van der Waals surface area contributed by atoms with Crippen LogP contribution < -0.4 is 10.1 Å². The lowest BCUT2D eigenvalue weighted by Crippen LogP contribution is -2.47. The van der Waals surface area contributed by atoms with Crippen LogP contribution >= 0.6 is 15.9 Å². The fourth-order valence-electron chi connectivity index (χ4n) is 3.44. The third-order valence-electron chi connectivity index (χ3n) is 4.97. The molecule has 28 heavy (non-hydrogen) atoms. The van der Waals surface area contributed by atoms with Crippen molar-refractivity contribution in [3.8, 4) is 5.75 Å². The number of halogens is 1. The first kappa shape index (κ1) is 20.5. The topological polar surface area (TPSA) is 63.2 Å². The van der Waals surface area contributed by atoms with E-state index in [-0.39, 0.29) is 11.9 Å². The Bertz CT molecular complexity index is 848. The van der Waals surface area contributed by atoms with Gasteiger partial charge in [0.15, 0.2) is 5.96 Å². The van der Waals surface area contributed by atoms with Crippen molar-refractivity contribution in [2.45, 2.75) is 12.8 Å². The molecule has 0 atom stereocenters. The molecule has 2 aromatic rings. The van der Waals surface area contributed by atoms with Gasteiger partial charge in [-0.15, -0.1) is 0 Å². The van der Waals surface area contributed by atoms with Crippen LogP contribution in [0.3, 0.4) is 0 Å². The lowest BCUT2D eigenvalue weighted by molar-refractivity contribution is -0.146. The van der Waals surface area contributed by atoms with Gasteiger partial charge in [0, 0.05) is 24.6 Å². The Kier molecular flexibility index (Phi) is 7.14. The van der Waals surface area contributed by atoms with E-state index in [1.165, 1.54) is 12.5 Å². The molecule has 6 nitrogen and oxygen atoms in total. The van der Waals surface area contributed by atoms with Crippen LogP contribution in [-0.4, -0.2) is 57.2 Å². The van der Waals surface area contributed by atoms with Crippen molar-refractivity contribution in [3.63, 3.8) is 0 Å². The summed E-state index contributed by atoms with van der Waals surface area (Å²) in [6.07, 6.45) is 1.58. The highest BCUT2D eigenvalue weighted by Gasteiger charge is 2.26. The van der Waals surface area contributed by atoms with Crippen molar-refractivity contribution >= 4 is 38.6 Å². The molecule has 1 N–H and O–H groups in total. The number of rotatable bonds is 5. The van der Waals surface area contributed by atoms with Crippen LogP contribution in [0, 0.1) is 5.92 Å². The van der Waals surface area contributed by atoms with E-state index in [0.29, 0.717) is 13.2 Å². The Hall–Kier alpha value is -2.28. The summed E-state index contributed by atoms with van der Waals surface area (Å²) in [6, 6.07) is 12.3. The van der Waals surface area contributed by atoms with Gasteiger partial charge in [0.05, 0.1) is 19.6 Å². The number of benzene rings is 2. The second-order valence-electron chi connectivity index (χ2n) is 6.76. The molecule has 0 amide bonds. The molecule has 0 spiro atoms. The number of hydrogen-bond acceptors (Lipinski definition) is 4. The number of fused-ring (bicyclic) bond motifs is 1. The third-order valence-corrected chi connectivity index (χ3v) is 5.46. The normalized spacial score (nSPS) is 15.5. The third kappa shape index (κ3) is 5.16. The second-order valence-corrected chi connectivity index (χ2v) is 7.68. The van der Waals surface area contributed by atoms with E-state index in [1.807, 2.05) is 18.2 Å². The summed E-state index contributed by atoms with van der Waals surface area (Å²) in [6.45, 7) is 2.78. The number of carbonyl (C=O) groups excluding carboxylic acids is 1. The molecule has 2 aromatic carbocycles. The number of nitrogens with one attached hydrogen (secondary N) is 1. The Morgan fingerprint density at radius 1 is 1.21 bits per heavy atom. The van der Waals surface area contributed by atoms with E-state index in [9.17, 15) is 4.79 Å². The van der Waals surface area contributed by atoms with Gasteiger partial charge in [-0.05, 0) is 47.9 Å². The highest BCUT2D eigenvalue weighted by molar-refractivity contribution is 9.10.